The zero-order valence-corrected chi connectivity index (χ0v) is 30.7. The minimum Gasteiger partial charge on any atom is -0.403 e. The maximum absolute atomic E-state index is 14.5. The fraction of sp³-hybridized carbons (Fsp3) is 0.0800. The van der Waals surface area contributed by atoms with Crippen LogP contribution < -0.4 is 15.0 Å². The lowest BCUT2D eigenvalue weighted by atomic mass is 9.78. The Kier molecular flexibility index (Phi) is 7.37. The van der Waals surface area contributed by atoms with Crippen LogP contribution in [0.15, 0.2) is 164 Å². The van der Waals surface area contributed by atoms with Gasteiger partial charge in [0.25, 0.3) is 0 Å². The summed E-state index contributed by atoms with van der Waals surface area (Å²) < 4.78 is 27.3. The molecule has 2 aliphatic rings. The van der Waals surface area contributed by atoms with E-state index in [0.29, 0.717) is 18.6 Å². The Morgan fingerprint density at radius 1 is 0.545 bits per heavy atom. The van der Waals surface area contributed by atoms with Crippen molar-refractivity contribution in [2.24, 2.45) is 5.92 Å². The lowest BCUT2D eigenvalue weighted by molar-refractivity contribution is 0.153. The van der Waals surface area contributed by atoms with Gasteiger partial charge in [0.1, 0.15) is 11.9 Å². The molecular formula is C50H35O4P. The highest BCUT2D eigenvalue weighted by Gasteiger charge is 2.43. The van der Waals surface area contributed by atoms with Crippen molar-refractivity contribution in [2.75, 3.05) is 0 Å². The highest BCUT2D eigenvalue weighted by Crippen LogP contribution is 2.56. The average Bonchev–Trinajstić information content (AvgIpc) is 3.34. The van der Waals surface area contributed by atoms with Crippen LogP contribution in [0.2, 0.25) is 0 Å². The number of fused-ring (bicyclic) bond motifs is 10. The van der Waals surface area contributed by atoms with Gasteiger partial charge in [0.15, 0.2) is 0 Å². The van der Waals surface area contributed by atoms with Crippen molar-refractivity contribution >= 4 is 73.3 Å². The van der Waals surface area contributed by atoms with Crippen LogP contribution in [0.25, 0.3) is 65.5 Å². The van der Waals surface area contributed by atoms with Gasteiger partial charge < -0.3 is 4.52 Å². The number of rotatable bonds is 4. The molecule has 9 aromatic rings. The fourth-order valence-corrected chi connectivity index (χ4v) is 10.4. The summed E-state index contributed by atoms with van der Waals surface area (Å²) in [6.45, 7) is 0. The molecule has 9 aromatic carbocycles. The molecule has 55 heavy (non-hydrogen) atoms. The summed E-state index contributed by atoms with van der Waals surface area (Å²) in [6, 6.07) is 57.1. The average molecular weight is 731 g/mol. The van der Waals surface area contributed by atoms with E-state index >= 15 is 0 Å². The van der Waals surface area contributed by atoms with Gasteiger partial charge in [-0.15, -0.1) is 0 Å². The van der Waals surface area contributed by atoms with Gasteiger partial charge in [0.2, 0.25) is 0 Å². The molecule has 1 heterocycles. The predicted molar refractivity (Wildman–Crippen MR) is 225 cm³/mol. The molecule has 0 radical (unpaired) electrons. The monoisotopic (exact) mass is 730 g/mol. The highest BCUT2D eigenvalue weighted by atomic mass is 31.2. The normalized spacial score (nSPS) is 19.1. The van der Waals surface area contributed by atoms with E-state index in [-0.39, 0.29) is 5.92 Å². The van der Waals surface area contributed by atoms with Gasteiger partial charge in [-0.2, -0.15) is 0 Å². The van der Waals surface area contributed by atoms with Crippen molar-refractivity contribution in [3.8, 4) is 5.75 Å². The van der Waals surface area contributed by atoms with E-state index in [1.54, 1.807) is 0 Å². The third-order valence-electron chi connectivity index (χ3n) is 11.7. The lowest BCUT2D eigenvalue weighted by Gasteiger charge is -2.30. The topological polar surface area (TPSA) is 55.8 Å². The molecule has 1 aliphatic carbocycles. The second-order valence-electron chi connectivity index (χ2n) is 14.9. The Bertz CT molecular complexity index is 3130. The molecule has 0 saturated heterocycles. The zero-order chi connectivity index (χ0) is 36.7. The third-order valence-corrected chi connectivity index (χ3v) is 12.6. The van der Waals surface area contributed by atoms with Crippen LogP contribution in [-0.2, 0) is 21.9 Å². The summed E-state index contributed by atoms with van der Waals surface area (Å²) in [5.74, 6) is 0.128. The Balaban J connectivity index is 1.18. The molecule has 0 amide bonds. The van der Waals surface area contributed by atoms with Gasteiger partial charge in [0, 0.05) is 29.0 Å². The number of hydrogen-bond donors (Lipinski definition) is 1. The molecule has 0 saturated carbocycles. The Morgan fingerprint density at radius 2 is 1.02 bits per heavy atom. The molecule has 4 nitrogen and oxygen atoms in total. The SMILES string of the molecule is O=P1(O)Oc2c(Cc3c4ccccc4cc4ccccc34)cc3ccccc3c2C2=c3ccccc3=CC(Cc3c4ccccc4cc4ccccc34)C2O1. The molecule has 0 bridgehead atoms. The summed E-state index contributed by atoms with van der Waals surface area (Å²) in [5.41, 5.74) is 4.88. The van der Waals surface area contributed by atoms with Crippen LogP contribution in [-0.4, -0.2) is 11.0 Å². The molecule has 0 spiro atoms. The summed E-state index contributed by atoms with van der Waals surface area (Å²) in [5, 5.41) is 13.3. The van der Waals surface area contributed by atoms with Crippen LogP contribution in [0.4, 0.5) is 0 Å². The fourth-order valence-electron chi connectivity index (χ4n) is 9.37. The van der Waals surface area contributed by atoms with Gasteiger partial charge in [-0.05, 0) is 100 Å². The molecule has 1 aliphatic heterocycles. The van der Waals surface area contributed by atoms with Crippen molar-refractivity contribution in [3.63, 3.8) is 0 Å². The summed E-state index contributed by atoms with van der Waals surface area (Å²) in [6.07, 6.45) is 2.56. The molecule has 1 N–H and O–H groups in total. The third kappa shape index (κ3) is 5.33. The molecule has 3 unspecified atom stereocenters. The Morgan fingerprint density at radius 3 is 1.60 bits per heavy atom. The first-order valence-corrected chi connectivity index (χ1v) is 20.3. The van der Waals surface area contributed by atoms with Crippen LogP contribution in [0, 0.1) is 5.92 Å². The van der Waals surface area contributed by atoms with E-state index < -0.39 is 13.9 Å². The zero-order valence-electron chi connectivity index (χ0n) is 29.9. The molecule has 0 aromatic heterocycles. The second-order valence-corrected chi connectivity index (χ2v) is 16.2. The first kappa shape index (κ1) is 32.4. The van der Waals surface area contributed by atoms with E-state index in [9.17, 15) is 9.46 Å². The Labute approximate surface area is 317 Å². The number of phosphoric ester groups is 1. The summed E-state index contributed by atoms with van der Waals surface area (Å²) in [7, 11) is -4.65. The van der Waals surface area contributed by atoms with E-state index in [4.69, 9.17) is 9.05 Å². The summed E-state index contributed by atoms with van der Waals surface area (Å²) >= 11 is 0. The van der Waals surface area contributed by atoms with Crippen molar-refractivity contribution in [1.82, 2.24) is 0 Å². The molecule has 11 rings (SSSR count). The van der Waals surface area contributed by atoms with Crippen LogP contribution >= 0.6 is 7.82 Å². The predicted octanol–water partition coefficient (Wildman–Crippen LogP) is 10.8. The van der Waals surface area contributed by atoms with E-state index in [1.165, 1.54) is 16.3 Å². The molecule has 0 fully saturated rings. The molecular weight excluding hydrogens is 696 g/mol. The maximum atomic E-state index is 14.5. The van der Waals surface area contributed by atoms with E-state index in [1.807, 2.05) is 12.1 Å². The first-order chi connectivity index (χ1) is 27.0. The molecule has 5 heteroatoms. The Hall–Kier alpha value is -6.03. The minimum atomic E-state index is -4.65. The van der Waals surface area contributed by atoms with Gasteiger partial charge in [0.05, 0.1) is 0 Å². The number of hydrogen-bond acceptors (Lipinski definition) is 3. The van der Waals surface area contributed by atoms with Gasteiger partial charge in [-0.1, -0.05) is 152 Å². The highest BCUT2D eigenvalue weighted by molar-refractivity contribution is 7.47. The van der Waals surface area contributed by atoms with Crippen molar-refractivity contribution in [3.05, 3.63) is 196 Å². The van der Waals surface area contributed by atoms with Gasteiger partial charge in [-0.25, -0.2) is 4.57 Å². The maximum Gasteiger partial charge on any atom is 0.528 e. The van der Waals surface area contributed by atoms with Crippen molar-refractivity contribution < 1.29 is 18.5 Å². The largest absolute Gasteiger partial charge is 0.528 e. The minimum absolute atomic E-state index is 0.279. The van der Waals surface area contributed by atoms with Crippen molar-refractivity contribution in [1.29, 1.82) is 0 Å². The number of phosphoric acid groups is 1. The summed E-state index contributed by atoms with van der Waals surface area (Å²) in [4.78, 5) is 11.8. The van der Waals surface area contributed by atoms with E-state index in [2.05, 4.69) is 158 Å². The smallest absolute Gasteiger partial charge is 0.403 e. The van der Waals surface area contributed by atoms with Crippen LogP contribution in [0.3, 0.4) is 0 Å². The van der Waals surface area contributed by atoms with Crippen LogP contribution in [0.1, 0.15) is 22.3 Å². The molecule has 3 atom stereocenters. The van der Waals surface area contributed by atoms with Crippen LogP contribution in [0.5, 0.6) is 5.75 Å². The van der Waals surface area contributed by atoms with E-state index in [0.717, 1.165) is 75.8 Å². The number of benzene rings is 9. The quantitative estimate of drug-likeness (QED) is 0.145. The second kappa shape index (κ2) is 12.5. The van der Waals surface area contributed by atoms with Gasteiger partial charge >= 0.3 is 7.82 Å². The standard InChI is InChI=1S/C50H35O4P/c51-55(52)53-49-37(29-45-39-19-7-1-13-31(39)25-32-14-2-8-20-40(32)45)27-35-17-5-11-23-43(35)47(49)48-44-24-12-6-18-36(44)28-38(50(48)54-55)30-46-41-21-9-3-15-33(41)26-34-16-4-10-22-42(34)46/h1-28,37,49H,29-30H2,(H,51,52). The van der Waals surface area contributed by atoms with Crippen molar-refractivity contribution in [2.45, 2.75) is 18.9 Å². The lowest BCUT2D eigenvalue weighted by Crippen LogP contribution is -2.41. The van der Waals surface area contributed by atoms with Gasteiger partial charge in [-0.3, -0.25) is 9.42 Å². The first-order valence-electron chi connectivity index (χ1n) is 18.8. The molecule has 264 valence electrons.